The summed E-state index contributed by atoms with van der Waals surface area (Å²) in [5.41, 5.74) is 1.41. The third-order valence-corrected chi connectivity index (χ3v) is 7.45. The summed E-state index contributed by atoms with van der Waals surface area (Å²) in [6.45, 7) is 7.13. The lowest BCUT2D eigenvalue weighted by atomic mass is 10.1. The molecule has 1 aliphatic carbocycles. The molecule has 2 fully saturated rings. The van der Waals surface area contributed by atoms with Gasteiger partial charge in [0.25, 0.3) is 11.8 Å². The summed E-state index contributed by atoms with van der Waals surface area (Å²) < 4.78 is 5.75. The molecule has 0 unspecified atom stereocenters. The van der Waals surface area contributed by atoms with E-state index < -0.39 is 6.04 Å². The van der Waals surface area contributed by atoms with Crippen LogP contribution in [0.4, 0.5) is 11.4 Å². The van der Waals surface area contributed by atoms with Crippen LogP contribution in [0.15, 0.2) is 36.4 Å². The van der Waals surface area contributed by atoms with Crippen LogP contribution < -0.4 is 15.5 Å². The van der Waals surface area contributed by atoms with Gasteiger partial charge in [0.2, 0.25) is 5.91 Å². The summed E-state index contributed by atoms with van der Waals surface area (Å²) in [5.74, 6) is 0.480. The Morgan fingerprint density at radius 2 is 1.94 bits per heavy atom. The van der Waals surface area contributed by atoms with Crippen molar-refractivity contribution in [2.24, 2.45) is 11.8 Å². The summed E-state index contributed by atoms with van der Waals surface area (Å²) in [4.78, 5) is 42.7. The van der Waals surface area contributed by atoms with Crippen LogP contribution in [0.5, 0.6) is 0 Å². The maximum Gasteiger partial charge on any atom is 0.261 e. The van der Waals surface area contributed by atoms with Crippen LogP contribution in [-0.4, -0.2) is 68.1 Å². The summed E-state index contributed by atoms with van der Waals surface area (Å²) in [5, 5.41) is 5.96. The molecule has 1 aliphatic heterocycles. The Morgan fingerprint density at radius 1 is 1.19 bits per heavy atom. The van der Waals surface area contributed by atoms with Crippen molar-refractivity contribution in [3.8, 4) is 0 Å². The second-order valence-corrected chi connectivity index (χ2v) is 11.5. The third kappa shape index (κ3) is 7.29. The molecule has 1 saturated heterocycles. The Balaban J connectivity index is 1.46. The molecular weight excluding hydrogens is 500 g/mol. The van der Waals surface area contributed by atoms with Gasteiger partial charge in [-0.3, -0.25) is 19.3 Å². The van der Waals surface area contributed by atoms with Gasteiger partial charge in [0.1, 0.15) is 12.6 Å². The Bertz CT molecular complexity index is 1070. The van der Waals surface area contributed by atoms with Crippen LogP contribution in [0.25, 0.3) is 0 Å². The van der Waals surface area contributed by atoms with E-state index in [0.717, 1.165) is 18.8 Å². The lowest BCUT2D eigenvalue weighted by molar-refractivity contribution is -0.125. The average molecular weight is 533 g/mol. The number of hydrogen-bond acceptors (Lipinski definition) is 6. The number of benzene rings is 1. The normalized spacial score (nSPS) is 16.9. The minimum atomic E-state index is -0.520. The maximum absolute atomic E-state index is 13.5. The molecular formula is C26H33ClN4O4S. The number of carbonyl (C=O) groups excluding carboxylic acids is 3. The monoisotopic (exact) mass is 532 g/mol. The topological polar surface area (TPSA) is 91.0 Å². The summed E-state index contributed by atoms with van der Waals surface area (Å²) in [7, 11) is 0. The molecule has 1 aromatic heterocycles. The van der Waals surface area contributed by atoms with Gasteiger partial charge in [-0.1, -0.05) is 25.4 Å². The zero-order valence-corrected chi connectivity index (χ0v) is 22.2. The van der Waals surface area contributed by atoms with Crippen molar-refractivity contribution in [3.63, 3.8) is 0 Å². The van der Waals surface area contributed by atoms with Crippen LogP contribution in [0, 0.1) is 11.8 Å². The number of halogens is 1. The van der Waals surface area contributed by atoms with E-state index in [1.807, 2.05) is 12.1 Å². The third-order valence-electron chi connectivity index (χ3n) is 6.22. The number of thiophene rings is 1. The van der Waals surface area contributed by atoms with Crippen LogP contribution in [0.1, 0.15) is 36.4 Å². The highest BCUT2D eigenvalue weighted by Crippen LogP contribution is 2.31. The molecule has 3 amide bonds. The van der Waals surface area contributed by atoms with Crippen molar-refractivity contribution in [2.75, 3.05) is 49.6 Å². The predicted octanol–water partition coefficient (Wildman–Crippen LogP) is 3.87. The van der Waals surface area contributed by atoms with Crippen molar-refractivity contribution in [1.82, 2.24) is 10.2 Å². The minimum Gasteiger partial charge on any atom is -0.370 e. The molecule has 194 valence electrons. The van der Waals surface area contributed by atoms with Gasteiger partial charge in [-0.2, -0.15) is 0 Å². The number of nitrogens with zero attached hydrogens (tertiary/aromatic N) is 2. The molecule has 2 heterocycles. The fourth-order valence-corrected chi connectivity index (χ4v) is 5.23. The Kier molecular flexibility index (Phi) is 9.00. The second-order valence-electron chi connectivity index (χ2n) is 9.75. The lowest BCUT2D eigenvalue weighted by Crippen LogP contribution is -2.52. The smallest absolute Gasteiger partial charge is 0.261 e. The fourth-order valence-electron chi connectivity index (χ4n) is 4.27. The van der Waals surface area contributed by atoms with Crippen molar-refractivity contribution < 1.29 is 19.1 Å². The number of carbonyl (C=O) groups is 3. The first kappa shape index (κ1) is 26.6. The van der Waals surface area contributed by atoms with Gasteiger partial charge < -0.3 is 20.3 Å². The number of anilines is 2. The highest BCUT2D eigenvalue weighted by molar-refractivity contribution is 7.18. The highest BCUT2D eigenvalue weighted by atomic mass is 35.5. The first-order valence-corrected chi connectivity index (χ1v) is 13.6. The number of ether oxygens (including phenoxy) is 1. The number of rotatable bonds is 11. The first-order valence-electron chi connectivity index (χ1n) is 12.4. The van der Waals surface area contributed by atoms with Gasteiger partial charge in [0, 0.05) is 37.6 Å². The Labute approximate surface area is 220 Å². The second kappa shape index (κ2) is 12.2. The molecule has 2 N–H and O–H groups in total. The first-order chi connectivity index (χ1) is 17.3. The van der Waals surface area contributed by atoms with E-state index in [4.69, 9.17) is 16.3 Å². The molecule has 1 aromatic carbocycles. The molecule has 1 atom stereocenters. The van der Waals surface area contributed by atoms with Crippen molar-refractivity contribution in [1.29, 1.82) is 0 Å². The van der Waals surface area contributed by atoms with Crippen molar-refractivity contribution >= 4 is 52.0 Å². The molecule has 4 rings (SSSR count). The highest BCUT2D eigenvalue weighted by Gasteiger charge is 2.32. The Hall–Kier alpha value is -2.46. The van der Waals surface area contributed by atoms with Crippen LogP contribution in [0.3, 0.4) is 0 Å². The molecule has 8 nitrogen and oxygen atoms in total. The van der Waals surface area contributed by atoms with Gasteiger partial charge >= 0.3 is 0 Å². The standard InChI is InChI=1S/C26H33ClN4O4S/c1-17(2)14-30(15-18-3-4-18)21(13-28-26(34)22-9-10-23(27)36-22)25(33)29-19-5-7-20(8-6-19)31-11-12-35-16-24(31)32/h5-10,17-18,21H,3-4,11-16H2,1-2H3,(H,28,34)(H,29,33)/t21-/m0/s1. The van der Waals surface area contributed by atoms with E-state index in [-0.39, 0.29) is 30.9 Å². The maximum atomic E-state index is 13.5. The van der Waals surface area contributed by atoms with E-state index >= 15 is 0 Å². The van der Waals surface area contributed by atoms with Crippen molar-refractivity contribution in [3.05, 3.63) is 45.6 Å². The fraction of sp³-hybridized carbons (Fsp3) is 0.500. The summed E-state index contributed by atoms with van der Waals surface area (Å²) in [6, 6.07) is 10.1. The molecule has 36 heavy (non-hydrogen) atoms. The predicted molar refractivity (Wildman–Crippen MR) is 143 cm³/mol. The van der Waals surface area contributed by atoms with Crippen LogP contribution >= 0.6 is 22.9 Å². The van der Waals surface area contributed by atoms with Gasteiger partial charge in [-0.05, 0) is 61.1 Å². The van der Waals surface area contributed by atoms with E-state index in [0.29, 0.717) is 39.9 Å². The number of morpholine rings is 1. The lowest BCUT2D eigenvalue weighted by Gasteiger charge is -2.32. The number of nitrogens with one attached hydrogen (secondary N) is 2. The Morgan fingerprint density at radius 3 is 2.56 bits per heavy atom. The van der Waals surface area contributed by atoms with Crippen LogP contribution in [-0.2, 0) is 14.3 Å². The summed E-state index contributed by atoms with van der Waals surface area (Å²) >= 11 is 7.20. The zero-order valence-electron chi connectivity index (χ0n) is 20.7. The van der Waals surface area contributed by atoms with Crippen LogP contribution in [0.2, 0.25) is 4.34 Å². The number of amides is 3. The molecule has 2 aliphatic rings. The van der Waals surface area contributed by atoms with E-state index in [1.54, 1.807) is 29.2 Å². The van der Waals surface area contributed by atoms with Gasteiger partial charge in [0.15, 0.2) is 0 Å². The average Bonchev–Trinajstić information content (AvgIpc) is 3.55. The van der Waals surface area contributed by atoms with E-state index in [2.05, 4.69) is 29.4 Å². The molecule has 0 spiro atoms. The van der Waals surface area contributed by atoms with Gasteiger partial charge in [0.05, 0.1) is 15.8 Å². The quantitative estimate of drug-likeness (QED) is 0.458. The largest absolute Gasteiger partial charge is 0.370 e. The molecule has 10 heteroatoms. The number of hydrogen-bond donors (Lipinski definition) is 2. The van der Waals surface area contributed by atoms with Gasteiger partial charge in [-0.25, -0.2) is 0 Å². The van der Waals surface area contributed by atoms with E-state index in [9.17, 15) is 14.4 Å². The molecule has 0 bridgehead atoms. The molecule has 2 aromatic rings. The molecule has 1 saturated carbocycles. The molecule has 0 radical (unpaired) electrons. The van der Waals surface area contributed by atoms with Crippen molar-refractivity contribution in [2.45, 2.75) is 32.7 Å². The zero-order chi connectivity index (χ0) is 25.7. The minimum absolute atomic E-state index is 0.0785. The van der Waals surface area contributed by atoms with E-state index in [1.165, 1.54) is 24.2 Å². The van der Waals surface area contributed by atoms with Gasteiger partial charge in [-0.15, -0.1) is 11.3 Å². The summed E-state index contributed by atoms with van der Waals surface area (Å²) in [6.07, 6.45) is 2.34. The SMILES string of the molecule is CC(C)CN(CC1CC1)[C@@H](CNC(=O)c1ccc(Cl)s1)C(=O)Nc1ccc(N2CCOCC2=O)cc1.